The molecule has 0 spiro atoms. The molecule has 3 heterocycles. The van der Waals surface area contributed by atoms with E-state index in [2.05, 4.69) is 4.90 Å². The Hall–Kier alpha value is -2.41. The Kier molecular flexibility index (Phi) is 6.41. The lowest BCUT2D eigenvalue weighted by Crippen LogP contribution is -2.51. The molecule has 3 aliphatic heterocycles. The SMILES string of the molecule is O=C(CCCCCN1CCOCC1)N1CCN2C(=O)c3ccccc3C12c1ccc(Cl)cc1. The summed E-state index contributed by atoms with van der Waals surface area (Å²) >= 11 is 6.17. The number of hydrogen-bond donors (Lipinski definition) is 0. The molecule has 2 aromatic rings. The van der Waals surface area contributed by atoms with Crippen LogP contribution in [-0.2, 0) is 15.2 Å². The fourth-order valence-electron chi connectivity index (χ4n) is 5.53. The highest BCUT2D eigenvalue weighted by molar-refractivity contribution is 6.30. The molecule has 0 bridgehead atoms. The second kappa shape index (κ2) is 9.45. The summed E-state index contributed by atoms with van der Waals surface area (Å²) in [6.45, 7) is 5.76. The van der Waals surface area contributed by atoms with Gasteiger partial charge < -0.3 is 14.5 Å². The minimum atomic E-state index is -0.886. The van der Waals surface area contributed by atoms with Gasteiger partial charge in [-0.15, -0.1) is 0 Å². The van der Waals surface area contributed by atoms with E-state index >= 15 is 0 Å². The average Bonchev–Trinajstić information content (AvgIpc) is 3.35. The maximum atomic E-state index is 13.5. The number of carbonyl (C=O) groups is 2. The van der Waals surface area contributed by atoms with E-state index in [1.54, 1.807) is 0 Å². The van der Waals surface area contributed by atoms with Gasteiger partial charge in [0.15, 0.2) is 5.66 Å². The number of benzene rings is 2. The van der Waals surface area contributed by atoms with Crippen LogP contribution in [0.15, 0.2) is 48.5 Å². The van der Waals surface area contributed by atoms with Crippen LogP contribution < -0.4 is 0 Å². The highest BCUT2D eigenvalue weighted by atomic mass is 35.5. The largest absolute Gasteiger partial charge is 0.379 e. The molecule has 1 atom stereocenters. The highest BCUT2D eigenvalue weighted by Crippen LogP contribution is 2.49. The number of carbonyl (C=O) groups excluding carboxylic acids is 2. The molecule has 2 amide bonds. The van der Waals surface area contributed by atoms with Crippen LogP contribution >= 0.6 is 11.6 Å². The van der Waals surface area contributed by atoms with E-state index in [1.165, 1.54) is 0 Å². The third kappa shape index (κ3) is 3.94. The van der Waals surface area contributed by atoms with Crippen molar-refractivity contribution >= 4 is 23.4 Å². The van der Waals surface area contributed by atoms with E-state index in [9.17, 15) is 9.59 Å². The summed E-state index contributed by atoms with van der Waals surface area (Å²) in [7, 11) is 0. The fourth-order valence-corrected chi connectivity index (χ4v) is 5.66. The summed E-state index contributed by atoms with van der Waals surface area (Å²) in [6.07, 6.45) is 3.45. The van der Waals surface area contributed by atoms with Crippen LogP contribution in [0.25, 0.3) is 0 Å². The zero-order valence-corrected chi connectivity index (χ0v) is 19.6. The lowest BCUT2D eigenvalue weighted by Gasteiger charge is -2.40. The van der Waals surface area contributed by atoms with Crippen molar-refractivity contribution in [2.24, 2.45) is 0 Å². The number of amides is 2. The van der Waals surface area contributed by atoms with Crippen molar-refractivity contribution in [2.45, 2.75) is 31.3 Å². The second-order valence-corrected chi connectivity index (χ2v) is 9.43. The van der Waals surface area contributed by atoms with E-state index in [4.69, 9.17) is 16.3 Å². The van der Waals surface area contributed by atoms with Gasteiger partial charge in [0.05, 0.1) is 13.2 Å². The van der Waals surface area contributed by atoms with Gasteiger partial charge in [-0.05, 0) is 37.6 Å². The first-order valence-corrected chi connectivity index (χ1v) is 12.3. The molecule has 0 N–H and O–H groups in total. The molecular formula is C26H30ClN3O3. The number of hydrogen-bond acceptors (Lipinski definition) is 4. The number of rotatable bonds is 7. The van der Waals surface area contributed by atoms with Crippen LogP contribution in [0.2, 0.25) is 5.02 Å². The Balaban J connectivity index is 1.34. The maximum absolute atomic E-state index is 13.5. The van der Waals surface area contributed by atoms with Crippen molar-refractivity contribution in [3.8, 4) is 0 Å². The first-order valence-electron chi connectivity index (χ1n) is 11.9. The van der Waals surface area contributed by atoms with Gasteiger partial charge in [-0.2, -0.15) is 0 Å². The Labute approximate surface area is 200 Å². The molecule has 7 heteroatoms. The fraction of sp³-hybridized carbons (Fsp3) is 0.462. The zero-order valence-electron chi connectivity index (χ0n) is 18.8. The standard InChI is InChI=1S/C26H30ClN3O3/c27-21-11-9-20(10-12-21)26-23-7-4-3-6-22(23)25(32)30(26)15-14-29(26)24(31)8-2-1-5-13-28-16-18-33-19-17-28/h3-4,6-7,9-12H,1-2,5,8,13-19H2. The van der Waals surface area contributed by atoms with Gasteiger partial charge in [0.1, 0.15) is 0 Å². The Bertz CT molecular complexity index is 1020. The van der Waals surface area contributed by atoms with Gasteiger partial charge in [0, 0.05) is 54.3 Å². The molecule has 3 aliphatic rings. The molecule has 0 aliphatic carbocycles. The monoisotopic (exact) mass is 467 g/mol. The van der Waals surface area contributed by atoms with Gasteiger partial charge in [0.2, 0.25) is 5.91 Å². The zero-order chi connectivity index (χ0) is 22.8. The summed E-state index contributed by atoms with van der Waals surface area (Å²) in [5, 5.41) is 0.635. The third-order valence-electron chi connectivity index (χ3n) is 7.12. The van der Waals surface area contributed by atoms with Crippen molar-refractivity contribution in [1.82, 2.24) is 14.7 Å². The summed E-state index contributed by atoms with van der Waals surface area (Å²) in [4.78, 5) is 33.0. The van der Waals surface area contributed by atoms with Gasteiger partial charge >= 0.3 is 0 Å². The molecular weight excluding hydrogens is 438 g/mol. The summed E-state index contributed by atoms with van der Waals surface area (Å²) in [6, 6.07) is 15.2. The van der Waals surface area contributed by atoms with Crippen LogP contribution in [0.1, 0.15) is 47.2 Å². The van der Waals surface area contributed by atoms with Crippen molar-refractivity contribution < 1.29 is 14.3 Å². The quantitative estimate of drug-likeness (QED) is 0.582. The number of ether oxygens (including phenoxy) is 1. The summed E-state index contributed by atoms with van der Waals surface area (Å²) in [5.41, 5.74) is 1.58. The minimum Gasteiger partial charge on any atom is -0.379 e. The van der Waals surface area contributed by atoms with Gasteiger partial charge in [-0.3, -0.25) is 14.5 Å². The Morgan fingerprint density at radius 2 is 1.70 bits per heavy atom. The molecule has 174 valence electrons. The lowest BCUT2D eigenvalue weighted by molar-refractivity contribution is -0.136. The summed E-state index contributed by atoms with van der Waals surface area (Å²) < 4.78 is 5.41. The van der Waals surface area contributed by atoms with Crippen LogP contribution in [0.4, 0.5) is 0 Å². The Morgan fingerprint density at radius 1 is 0.939 bits per heavy atom. The molecule has 1 unspecified atom stereocenters. The molecule has 2 aromatic carbocycles. The normalized spacial score (nSPS) is 22.5. The first kappa shape index (κ1) is 22.4. The van der Waals surface area contributed by atoms with Crippen molar-refractivity contribution in [3.05, 3.63) is 70.2 Å². The van der Waals surface area contributed by atoms with Crippen molar-refractivity contribution in [3.63, 3.8) is 0 Å². The molecule has 2 fully saturated rings. The molecule has 0 radical (unpaired) electrons. The molecule has 33 heavy (non-hydrogen) atoms. The van der Waals surface area contributed by atoms with Crippen molar-refractivity contribution in [1.29, 1.82) is 0 Å². The topological polar surface area (TPSA) is 53.1 Å². The van der Waals surface area contributed by atoms with Crippen molar-refractivity contribution in [2.75, 3.05) is 45.9 Å². The van der Waals surface area contributed by atoms with Crippen LogP contribution in [0.3, 0.4) is 0 Å². The van der Waals surface area contributed by atoms with E-state index in [0.717, 1.165) is 63.2 Å². The number of unbranched alkanes of at least 4 members (excludes halogenated alkanes) is 2. The number of nitrogens with zero attached hydrogens (tertiary/aromatic N) is 3. The maximum Gasteiger partial charge on any atom is 0.256 e. The van der Waals surface area contributed by atoms with Gasteiger partial charge in [0.25, 0.3) is 5.91 Å². The second-order valence-electron chi connectivity index (χ2n) is 8.99. The first-order chi connectivity index (χ1) is 16.1. The van der Waals surface area contributed by atoms with Gasteiger partial charge in [-0.25, -0.2) is 0 Å². The number of halogens is 1. The predicted molar refractivity (Wildman–Crippen MR) is 127 cm³/mol. The lowest BCUT2D eigenvalue weighted by atomic mass is 9.89. The smallest absolute Gasteiger partial charge is 0.256 e. The van der Waals surface area contributed by atoms with Crippen LogP contribution in [0.5, 0.6) is 0 Å². The van der Waals surface area contributed by atoms with E-state index in [0.29, 0.717) is 30.1 Å². The van der Waals surface area contributed by atoms with E-state index < -0.39 is 5.66 Å². The highest BCUT2D eigenvalue weighted by Gasteiger charge is 2.59. The molecule has 5 rings (SSSR count). The average molecular weight is 468 g/mol. The predicted octanol–water partition coefficient (Wildman–Crippen LogP) is 3.73. The molecule has 0 saturated carbocycles. The number of fused-ring (bicyclic) bond motifs is 3. The summed E-state index contributed by atoms with van der Waals surface area (Å²) in [5.74, 6) is 0.0877. The van der Waals surface area contributed by atoms with Crippen LogP contribution in [-0.4, -0.2) is 72.5 Å². The molecule has 6 nitrogen and oxygen atoms in total. The van der Waals surface area contributed by atoms with Crippen LogP contribution in [0, 0.1) is 0 Å². The molecule has 0 aromatic heterocycles. The number of morpholine rings is 1. The molecule has 2 saturated heterocycles. The van der Waals surface area contributed by atoms with E-state index in [1.807, 2.05) is 58.3 Å². The Morgan fingerprint density at radius 3 is 2.48 bits per heavy atom. The minimum absolute atomic E-state index is 0.0126. The third-order valence-corrected chi connectivity index (χ3v) is 7.38. The van der Waals surface area contributed by atoms with Gasteiger partial charge in [-0.1, -0.05) is 48.4 Å². The van der Waals surface area contributed by atoms with E-state index in [-0.39, 0.29) is 11.8 Å².